The van der Waals surface area contributed by atoms with Crippen molar-refractivity contribution in [2.45, 2.75) is 6.54 Å². The molecule has 0 aliphatic rings. The highest BCUT2D eigenvalue weighted by atomic mass is 35.5. The summed E-state index contributed by atoms with van der Waals surface area (Å²) in [5.41, 5.74) is 0.941. The number of hydrogen-bond donors (Lipinski definition) is 1. The summed E-state index contributed by atoms with van der Waals surface area (Å²) in [6.07, 6.45) is 0. The van der Waals surface area contributed by atoms with E-state index in [-0.39, 0.29) is 23.0 Å². The van der Waals surface area contributed by atoms with Crippen molar-refractivity contribution >= 4 is 17.3 Å². The van der Waals surface area contributed by atoms with Crippen molar-refractivity contribution in [3.8, 4) is 0 Å². The second kappa shape index (κ2) is 7.44. The van der Waals surface area contributed by atoms with E-state index < -0.39 is 0 Å². The lowest BCUT2D eigenvalue weighted by molar-refractivity contribution is -0.891. The van der Waals surface area contributed by atoms with Gasteiger partial charge >= 0.3 is 0 Å². The van der Waals surface area contributed by atoms with Gasteiger partial charge in [-0.1, -0.05) is 12.1 Å². The first-order chi connectivity index (χ1) is 7.15. The van der Waals surface area contributed by atoms with Crippen molar-refractivity contribution in [2.24, 2.45) is 0 Å². The molecule has 4 nitrogen and oxygen atoms in total. The summed E-state index contributed by atoms with van der Waals surface area (Å²) in [5, 5.41) is 10.7. The van der Waals surface area contributed by atoms with E-state index in [0.717, 1.165) is 12.1 Å². The van der Waals surface area contributed by atoms with E-state index >= 15 is 0 Å². The molecule has 1 atom stereocenters. The first-order valence-corrected chi connectivity index (χ1v) is 5.28. The summed E-state index contributed by atoms with van der Waals surface area (Å²) in [5.74, 6) is 0.562. The van der Waals surface area contributed by atoms with Crippen molar-refractivity contribution in [3.63, 3.8) is 0 Å². The van der Waals surface area contributed by atoms with Gasteiger partial charge in [-0.25, -0.2) is 0 Å². The third-order valence-corrected chi connectivity index (χ3v) is 2.39. The van der Waals surface area contributed by atoms with Crippen molar-refractivity contribution in [2.75, 3.05) is 19.5 Å². The maximum absolute atomic E-state index is 10.7. The molecule has 0 saturated carbocycles. The van der Waals surface area contributed by atoms with Crippen LogP contribution in [0.1, 0.15) is 5.56 Å². The number of alkyl halides is 1. The minimum absolute atomic E-state index is 0. The number of benzene rings is 1. The lowest BCUT2D eigenvalue weighted by atomic mass is 10.2. The van der Waals surface area contributed by atoms with Crippen molar-refractivity contribution in [1.29, 1.82) is 0 Å². The molecule has 0 saturated heterocycles. The van der Waals surface area contributed by atoms with Gasteiger partial charge in [-0.15, -0.1) is 11.6 Å². The molecule has 0 aromatic heterocycles. The maximum Gasteiger partial charge on any atom is 0.278 e. The first kappa shape index (κ1) is 15.2. The Kier molecular flexibility index (Phi) is 7.05. The highest BCUT2D eigenvalue weighted by molar-refractivity contribution is 6.17. The molecular weight excluding hydrogens is 251 g/mol. The van der Waals surface area contributed by atoms with E-state index in [1.54, 1.807) is 12.1 Å². The molecule has 90 valence electrons. The van der Waals surface area contributed by atoms with Crippen LogP contribution in [0.25, 0.3) is 0 Å². The molecule has 0 radical (unpaired) electrons. The number of hydrogen-bond acceptors (Lipinski definition) is 2. The quantitative estimate of drug-likeness (QED) is 0.375. The monoisotopic (exact) mass is 264 g/mol. The van der Waals surface area contributed by atoms with Crippen LogP contribution in [0, 0.1) is 10.1 Å². The third-order valence-electron chi connectivity index (χ3n) is 2.20. The van der Waals surface area contributed by atoms with Crippen LogP contribution in [0.4, 0.5) is 5.69 Å². The Morgan fingerprint density at radius 3 is 2.62 bits per heavy atom. The van der Waals surface area contributed by atoms with Gasteiger partial charge in [0.2, 0.25) is 0 Å². The Labute approximate surface area is 106 Å². The summed E-state index contributed by atoms with van der Waals surface area (Å²) in [4.78, 5) is 11.6. The van der Waals surface area contributed by atoms with E-state index in [2.05, 4.69) is 0 Å². The number of nitrogens with one attached hydrogen (secondary N) is 1. The molecule has 1 aromatic carbocycles. The van der Waals surface area contributed by atoms with Gasteiger partial charge in [0.15, 0.2) is 0 Å². The highest BCUT2D eigenvalue weighted by Crippen LogP contribution is 2.16. The smallest absolute Gasteiger partial charge is 0.278 e. The van der Waals surface area contributed by atoms with Crippen LogP contribution < -0.4 is 17.3 Å². The van der Waals surface area contributed by atoms with Gasteiger partial charge < -0.3 is 17.3 Å². The molecule has 0 bridgehead atoms. The second-order valence-electron chi connectivity index (χ2n) is 3.46. The van der Waals surface area contributed by atoms with E-state index in [9.17, 15) is 10.1 Å². The lowest BCUT2D eigenvalue weighted by Crippen LogP contribution is -3.08. The summed E-state index contributed by atoms with van der Waals surface area (Å²) >= 11 is 5.61. The maximum atomic E-state index is 10.7. The summed E-state index contributed by atoms with van der Waals surface area (Å²) in [6, 6.07) is 6.81. The zero-order chi connectivity index (χ0) is 11.3. The fourth-order valence-corrected chi connectivity index (χ4v) is 1.74. The molecule has 0 heterocycles. The molecule has 0 aliphatic heterocycles. The molecule has 0 aliphatic carbocycles. The Morgan fingerprint density at radius 1 is 1.44 bits per heavy atom. The van der Waals surface area contributed by atoms with Crippen molar-refractivity contribution in [3.05, 3.63) is 39.9 Å². The van der Waals surface area contributed by atoms with Crippen LogP contribution in [0.15, 0.2) is 24.3 Å². The predicted octanol–water partition coefficient (Wildman–Crippen LogP) is -2.15. The molecule has 1 aromatic rings. The summed E-state index contributed by atoms with van der Waals surface area (Å²) in [7, 11) is 1.97. The predicted molar refractivity (Wildman–Crippen MR) is 59.3 cm³/mol. The van der Waals surface area contributed by atoms with Crippen LogP contribution in [-0.4, -0.2) is 24.4 Å². The Morgan fingerprint density at radius 2 is 2.06 bits per heavy atom. The molecule has 0 spiro atoms. The number of rotatable bonds is 5. The Hall–Kier alpha value is -0.840. The van der Waals surface area contributed by atoms with Gasteiger partial charge in [-0.05, 0) is 6.07 Å². The number of nitrogens with zero attached hydrogens (tertiary/aromatic N) is 1. The van der Waals surface area contributed by atoms with Gasteiger partial charge in [0, 0.05) is 6.07 Å². The summed E-state index contributed by atoms with van der Waals surface area (Å²) in [6.45, 7) is 1.43. The zero-order valence-corrected chi connectivity index (χ0v) is 10.5. The van der Waals surface area contributed by atoms with E-state index in [1.165, 1.54) is 11.0 Å². The second-order valence-corrected chi connectivity index (χ2v) is 3.84. The van der Waals surface area contributed by atoms with Crippen LogP contribution in [0.3, 0.4) is 0 Å². The molecule has 1 unspecified atom stereocenters. The van der Waals surface area contributed by atoms with Crippen LogP contribution in [-0.2, 0) is 6.54 Å². The van der Waals surface area contributed by atoms with Crippen molar-refractivity contribution < 1.29 is 22.2 Å². The number of halogens is 2. The fraction of sp³-hybridized carbons (Fsp3) is 0.400. The van der Waals surface area contributed by atoms with Gasteiger partial charge in [0.1, 0.15) is 6.54 Å². The highest BCUT2D eigenvalue weighted by Gasteiger charge is 2.15. The molecule has 1 rings (SSSR count). The van der Waals surface area contributed by atoms with Gasteiger partial charge in [-0.3, -0.25) is 10.1 Å². The number of para-hydroxylation sites is 1. The summed E-state index contributed by atoms with van der Waals surface area (Å²) < 4.78 is 0. The van der Waals surface area contributed by atoms with Gasteiger partial charge in [0.25, 0.3) is 5.69 Å². The average Bonchev–Trinajstić information content (AvgIpc) is 2.18. The zero-order valence-electron chi connectivity index (χ0n) is 8.95. The molecular formula is C10H14Cl2N2O2. The molecule has 0 amide bonds. The van der Waals surface area contributed by atoms with Gasteiger partial charge in [0.05, 0.1) is 30.0 Å². The Bertz CT molecular complexity index is 347. The normalized spacial score (nSPS) is 11.6. The average molecular weight is 265 g/mol. The number of quaternary nitrogens is 1. The fourth-order valence-electron chi connectivity index (χ4n) is 1.41. The lowest BCUT2D eigenvalue weighted by Gasteiger charge is -2.12. The standard InChI is InChI=1S/C10H13ClN2O2.ClH/c1-12(7-6-11)8-9-4-2-3-5-10(9)13(14)15;/h2-5H,6-8H2,1H3;1H. The molecule has 6 heteroatoms. The first-order valence-electron chi connectivity index (χ1n) is 4.74. The Balaban J connectivity index is 0.00000225. The van der Waals surface area contributed by atoms with Crippen LogP contribution in [0.5, 0.6) is 0 Å². The SMILES string of the molecule is C[NH+](CCCl)Cc1ccccc1[N+](=O)[O-].[Cl-]. The van der Waals surface area contributed by atoms with Crippen molar-refractivity contribution in [1.82, 2.24) is 0 Å². The van der Waals surface area contributed by atoms with E-state index in [4.69, 9.17) is 11.6 Å². The van der Waals surface area contributed by atoms with Crippen LogP contribution >= 0.6 is 11.6 Å². The topological polar surface area (TPSA) is 47.6 Å². The number of nitro benzene ring substituents is 1. The number of nitro groups is 1. The van der Waals surface area contributed by atoms with Crippen LogP contribution in [0.2, 0.25) is 0 Å². The van der Waals surface area contributed by atoms with E-state index in [1.807, 2.05) is 13.1 Å². The molecule has 1 N–H and O–H groups in total. The minimum atomic E-state index is -0.344. The van der Waals surface area contributed by atoms with E-state index in [0.29, 0.717) is 12.4 Å². The van der Waals surface area contributed by atoms with Gasteiger partial charge in [-0.2, -0.15) is 0 Å². The molecule has 16 heavy (non-hydrogen) atoms. The molecule has 0 fully saturated rings. The largest absolute Gasteiger partial charge is 1.00 e. The third kappa shape index (κ3) is 4.35. The minimum Gasteiger partial charge on any atom is -1.00 e.